The highest BCUT2D eigenvalue weighted by molar-refractivity contribution is 7.71. The zero-order valence-corrected chi connectivity index (χ0v) is 15.4. The summed E-state index contributed by atoms with van der Waals surface area (Å²) in [4.78, 5) is 12.6. The van der Waals surface area contributed by atoms with Crippen molar-refractivity contribution >= 4 is 41.3 Å². The molecule has 0 fully saturated rings. The molecule has 5 nitrogen and oxygen atoms in total. The number of benzene rings is 1. The summed E-state index contributed by atoms with van der Waals surface area (Å²) in [6, 6.07) is 4.50. The Morgan fingerprint density at radius 3 is 2.70 bits per heavy atom. The Hall–Kier alpha value is -1.37. The van der Waals surface area contributed by atoms with Gasteiger partial charge in [-0.1, -0.05) is 37.0 Å². The minimum Gasteiger partial charge on any atom is -0.342 e. The maximum atomic E-state index is 12.6. The van der Waals surface area contributed by atoms with Crippen molar-refractivity contribution in [1.82, 2.24) is 20.1 Å². The lowest BCUT2D eigenvalue weighted by molar-refractivity contribution is 0.0922. The van der Waals surface area contributed by atoms with Crippen molar-refractivity contribution in [2.75, 3.05) is 0 Å². The zero-order valence-electron chi connectivity index (χ0n) is 13.1. The van der Waals surface area contributed by atoms with E-state index in [-0.39, 0.29) is 17.9 Å². The average molecular weight is 373 g/mol. The lowest BCUT2D eigenvalue weighted by Crippen LogP contribution is -2.34. The Kier molecular flexibility index (Phi) is 5.84. The number of amides is 1. The van der Waals surface area contributed by atoms with Gasteiger partial charge in [-0.25, -0.2) is 0 Å². The lowest BCUT2D eigenvalue weighted by Gasteiger charge is -2.22. The Balaban J connectivity index is 2.33. The first-order valence-electron chi connectivity index (χ1n) is 7.26. The van der Waals surface area contributed by atoms with Gasteiger partial charge in [0.05, 0.1) is 16.6 Å². The second-order valence-electron chi connectivity index (χ2n) is 5.45. The molecule has 0 aliphatic carbocycles. The molecule has 0 saturated heterocycles. The SMILES string of the molecule is CCn1c(C(NC(=O)c2ccc(Cl)cc2Cl)C(C)C)n[nH]c1=S. The van der Waals surface area contributed by atoms with Crippen LogP contribution in [0.15, 0.2) is 18.2 Å². The van der Waals surface area contributed by atoms with Crippen molar-refractivity contribution in [1.29, 1.82) is 0 Å². The van der Waals surface area contributed by atoms with Crippen molar-refractivity contribution in [2.45, 2.75) is 33.4 Å². The van der Waals surface area contributed by atoms with E-state index in [4.69, 9.17) is 35.4 Å². The van der Waals surface area contributed by atoms with Gasteiger partial charge >= 0.3 is 0 Å². The van der Waals surface area contributed by atoms with E-state index in [1.165, 1.54) is 0 Å². The van der Waals surface area contributed by atoms with E-state index in [1.807, 2.05) is 25.3 Å². The van der Waals surface area contributed by atoms with Gasteiger partial charge in [0.2, 0.25) is 0 Å². The van der Waals surface area contributed by atoms with Gasteiger partial charge in [-0.3, -0.25) is 9.89 Å². The second-order valence-corrected chi connectivity index (χ2v) is 6.68. The predicted molar refractivity (Wildman–Crippen MR) is 94.6 cm³/mol. The fourth-order valence-electron chi connectivity index (χ4n) is 2.29. The summed E-state index contributed by atoms with van der Waals surface area (Å²) in [5, 5.41) is 10.8. The number of nitrogens with one attached hydrogen (secondary N) is 2. The molecule has 2 N–H and O–H groups in total. The third-order valence-electron chi connectivity index (χ3n) is 3.51. The summed E-state index contributed by atoms with van der Waals surface area (Å²) >= 11 is 17.2. The largest absolute Gasteiger partial charge is 0.342 e. The van der Waals surface area contributed by atoms with Crippen LogP contribution in [0.1, 0.15) is 43.0 Å². The number of hydrogen-bond donors (Lipinski definition) is 2. The van der Waals surface area contributed by atoms with Crippen LogP contribution in [-0.2, 0) is 6.54 Å². The van der Waals surface area contributed by atoms with Crippen molar-refractivity contribution in [3.63, 3.8) is 0 Å². The van der Waals surface area contributed by atoms with E-state index < -0.39 is 0 Å². The molecule has 1 heterocycles. The van der Waals surface area contributed by atoms with Crippen LogP contribution >= 0.6 is 35.4 Å². The van der Waals surface area contributed by atoms with Gasteiger partial charge in [-0.2, -0.15) is 5.10 Å². The predicted octanol–water partition coefficient (Wildman–Crippen LogP) is 4.39. The molecule has 0 radical (unpaired) electrons. The van der Waals surface area contributed by atoms with Gasteiger partial charge in [-0.15, -0.1) is 0 Å². The van der Waals surface area contributed by atoms with Gasteiger partial charge in [0.15, 0.2) is 10.6 Å². The highest BCUT2D eigenvalue weighted by atomic mass is 35.5. The molecule has 1 aromatic carbocycles. The third kappa shape index (κ3) is 3.94. The molecule has 0 aliphatic rings. The van der Waals surface area contributed by atoms with Crippen LogP contribution in [0.4, 0.5) is 0 Å². The van der Waals surface area contributed by atoms with E-state index >= 15 is 0 Å². The minimum absolute atomic E-state index is 0.125. The molecule has 1 atom stereocenters. The minimum atomic E-state index is -0.290. The van der Waals surface area contributed by atoms with Crippen molar-refractivity contribution < 1.29 is 4.79 Å². The van der Waals surface area contributed by atoms with E-state index in [2.05, 4.69) is 15.5 Å². The van der Waals surface area contributed by atoms with E-state index in [9.17, 15) is 4.79 Å². The zero-order chi connectivity index (χ0) is 17.1. The van der Waals surface area contributed by atoms with Gasteiger partial charge in [-0.05, 0) is 43.3 Å². The Morgan fingerprint density at radius 2 is 2.13 bits per heavy atom. The van der Waals surface area contributed by atoms with Gasteiger partial charge < -0.3 is 9.88 Å². The van der Waals surface area contributed by atoms with Crippen LogP contribution in [0, 0.1) is 10.7 Å². The van der Waals surface area contributed by atoms with Crippen molar-refractivity contribution in [3.8, 4) is 0 Å². The van der Waals surface area contributed by atoms with Crippen molar-refractivity contribution in [2.24, 2.45) is 5.92 Å². The molecule has 0 spiro atoms. The number of rotatable bonds is 5. The van der Waals surface area contributed by atoms with Crippen molar-refractivity contribution in [3.05, 3.63) is 44.4 Å². The highest BCUT2D eigenvalue weighted by Crippen LogP contribution is 2.24. The first-order chi connectivity index (χ1) is 10.8. The Bertz CT molecular complexity index is 769. The molecule has 1 unspecified atom stereocenters. The van der Waals surface area contributed by atoms with Crippen LogP contribution in [0.2, 0.25) is 10.0 Å². The van der Waals surface area contributed by atoms with Crippen LogP contribution in [0.3, 0.4) is 0 Å². The van der Waals surface area contributed by atoms with E-state index in [1.54, 1.807) is 18.2 Å². The van der Waals surface area contributed by atoms with Crippen LogP contribution < -0.4 is 5.32 Å². The molecule has 0 aliphatic heterocycles. The normalized spacial score (nSPS) is 12.4. The van der Waals surface area contributed by atoms with Crippen LogP contribution in [0.25, 0.3) is 0 Å². The molecule has 2 rings (SSSR count). The Morgan fingerprint density at radius 1 is 1.43 bits per heavy atom. The monoisotopic (exact) mass is 372 g/mol. The summed E-state index contributed by atoms with van der Waals surface area (Å²) in [5.74, 6) is 0.549. The molecule has 1 amide bonds. The lowest BCUT2D eigenvalue weighted by atomic mass is 10.0. The first-order valence-corrected chi connectivity index (χ1v) is 8.42. The fraction of sp³-hybridized carbons (Fsp3) is 0.400. The highest BCUT2D eigenvalue weighted by Gasteiger charge is 2.25. The number of halogens is 2. The van der Waals surface area contributed by atoms with Gasteiger partial charge in [0.25, 0.3) is 5.91 Å². The standard InChI is InChI=1S/C15H18Cl2N4OS/c1-4-21-13(19-20-15(21)23)12(8(2)3)18-14(22)10-6-5-9(16)7-11(10)17/h5-8,12H,4H2,1-3H3,(H,18,22)(H,20,23). The number of H-pyrrole nitrogens is 1. The number of nitrogens with zero attached hydrogens (tertiary/aromatic N) is 2. The number of aromatic amines is 1. The average Bonchev–Trinajstić information content (AvgIpc) is 2.84. The maximum Gasteiger partial charge on any atom is 0.253 e. The van der Waals surface area contributed by atoms with E-state index in [0.29, 0.717) is 32.7 Å². The molecule has 2 aromatic rings. The number of aromatic nitrogens is 3. The molecule has 8 heteroatoms. The maximum absolute atomic E-state index is 12.6. The van der Waals surface area contributed by atoms with Gasteiger partial charge in [0.1, 0.15) is 0 Å². The molecule has 1 aromatic heterocycles. The molecular formula is C15H18Cl2N4OS. The summed E-state index contributed by atoms with van der Waals surface area (Å²) in [7, 11) is 0. The number of hydrogen-bond acceptors (Lipinski definition) is 3. The summed E-state index contributed by atoms with van der Waals surface area (Å²) < 4.78 is 2.40. The first kappa shape index (κ1) is 18.0. The Labute approximate surface area is 150 Å². The molecule has 0 bridgehead atoms. The quantitative estimate of drug-likeness (QED) is 0.764. The number of carbonyl (C=O) groups is 1. The topological polar surface area (TPSA) is 62.7 Å². The summed E-state index contributed by atoms with van der Waals surface area (Å²) in [5.41, 5.74) is 0.374. The van der Waals surface area contributed by atoms with Gasteiger partial charge in [0, 0.05) is 11.6 Å². The van der Waals surface area contributed by atoms with Crippen LogP contribution in [-0.4, -0.2) is 20.7 Å². The second kappa shape index (κ2) is 7.47. The number of carbonyl (C=O) groups excluding carboxylic acids is 1. The molecule has 124 valence electrons. The fourth-order valence-corrected chi connectivity index (χ4v) is 3.06. The summed E-state index contributed by atoms with van der Waals surface area (Å²) in [6.45, 7) is 6.66. The summed E-state index contributed by atoms with van der Waals surface area (Å²) in [6.07, 6.45) is 0. The van der Waals surface area contributed by atoms with E-state index in [0.717, 1.165) is 0 Å². The molecule has 0 saturated carbocycles. The molecular weight excluding hydrogens is 355 g/mol. The smallest absolute Gasteiger partial charge is 0.253 e. The third-order valence-corrected chi connectivity index (χ3v) is 4.37. The van der Waals surface area contributed by atoms with Crippen LogP contribution in [0.5, 0.6) is 0 Å². The molecule has 23 heavy (non-hydrogen) atoms.